The Morgan fingerprint density at radius 1 is 0.972 bits per heavy atom. The molecule has 0 unspecified atom stereocenters. The van der Waals surface area contributed by atoms with Gasteiger partial charge in [-0.3, -0.25) is 9.69 Å². The van der Waals surface area contributed by atoms with Crippen molar-refractivity contribution in [3.63, 3.8) is 0 Å². The van der Waals surface area contributed by atoms with Crippen molar-refractivity contribution in [2.45, 2.75) is 51.7 Å². The molecule has 186 valence electrons. The minimum absolute atomic E-state index is 0.154. The van der Waals surface area contributed by atoms with Gasteiger partial charge in [-0.25, -0.2) is 4.98 Å². The zero-order chi connectivity index (χ0) is 24.7. The number of amides is 1. The largest absolute Gasteiger partial charge is 0.336 e. The molecule has 36 heavy (non-hydrogen) atoms. The second-order valence-electron chi connectivity index (χ2n) is 9.86. The fourth-order valence-corrected chi connectivity index (χ4v) is 5.36. The molecule has 1 fully saturated rings. The van der Waals surface area contributed by atoms with Crippen LogP contribution in [0.1, 0.15) is 47.8 Å². The van der Waals surface area contributed by atoms with Crippen molar-refractivity contribution < 1.29 is 4.79 Å². The maximum absolute atomic E-state index is 13.6. The predicted octanol–water partition coefficient (Wildman–Crippen LogP) is 5.80. The molecule has 0 radical (unpaired) electrons. The molecular weight excluding hydrogens is 444 g/mol. The highest BCUT2D eigenvalue weighted by atomic mass is 16.2. The van der Waals surface area contributed by atoms with Gasteiger partial charge < -0.3 is 9.47 Å². The molecule has 0 spiro atoms. The third kappa shape index (κ3) is 5.52. The highest BCUT2D eigenvalue weighted by molar-refractivity contribution is 6.07. The first-order valence-corrected chi connectivity index (χ1v) is 13.3. The summed E-state index contributed by atoms with van der Waals surface area (Å²) >= 11 is 0. The number of fused-ring (bicyclic) bond motifs is 1. The van der Waals surface area contributed by atoms with Gasteiger partial charge in [-0.2, -0.15) is 0 Å². The van der Waals surface area contributed by atoms with E-state index >= 15 is 0 Å². The first kappa shape index (κ1) is 24.3. The maximum Gasteiger partial charge on any atom is 0.254 e. The molecule has 5 heteroatoms. The van der Waals surface area contributed by atoms with E-state index in [1.54, 1.807) is 0 Å². The first-order valence-electron chi connectivity index (χ1n) is 13.3. The van der Waals surface area contributed by atoms with Gasteiger partial charge in [0.15, 0.2) is 0 Å². The summed E-state index contributed by atoms with van der Waals surface area (Å²) in [6, 6.07) is 25.2. The Kier molecular flexibility index (Phi) is 7.77. The van der Waals surface area contributed by atoms with Gasteiger partial charge >= 0.3 is 0 Å². The molecule has 5 rings (SSSR count). The van der Waals surface area contributed by atoms with Crippen molar-refractivity contribution >= 4 is 16.7 Å². The standard InChI is InChI=1S/C31H36N4O/c1-2-3-14-27-22-34(31(36)30-16-9-13-26-12-7-8-15-29(26)30)20-19-33(27)23-28-21-32-24-35(28)18-17-25-10-5-4-6-11-25/h4-13,15-16,21,24,27H,2-3,14,17-20,22-23H2,1H3/t27-/m0/s1. The van der Waals surface area contributed by atoms with Crippen molar-refractivity contribution in [3.8, 4) is 0 Å². The normalized spacial score (nSPS) is 16.5. The SMILES string of the molecule is CCCC[C@H]1CN(C(=O)c2cccc3ccccc23)CCN1Cc1cncn1CCc1ccccc1. The van der Waals surface area contributed by atoms with E-state index in [2.05, 4.69) is 74.8 Å². The Bertz CT molecular complexity index is 1280. The summed E-state index contributed by atoms with van der Waals surface area (Å²) in [7, 11) is 0. The lowest BCUT2D eigenvalue weighted by Gasteiger charge is -2.41. The lowest BCUT2D eigenvalue weighted by atomic mass is 10.0. The molecular formula is C31H36N4O. The van der Waals surface area contributed by atoms with Crippen LogP contribution in [0.15, 0.2) is 85.3 Å². The number of aromatic nitrogens is 2. The van der Waals surface area contributed by atoms with E-state index in [0.29, 0.717) is 6.04 Å². The number of carbonyl (C=O) groups excluding carboxylic acids is 1. The number of aryl methyl sites for hydroxylation is 2. The van der Waals surface area contributed by atoms with Gasteiger partial charge in [0.1, 0.15) is 0 Å². The summed E-state index contributed by atoms with van der Waals surface area (Å²) in [5, 5.41) is 2.16. The molecule has 3 aromatic carbocycles. The number of nitrogens with zero attached hydrogens (tertiary/aromatic N) is 4. The number of imidazole rings is 1. The molecule has 1 amide bonds. The van der Waals surface area contributed by atoms with Crippen LogP contribution in [-0.4, -0.2) is 50.9 Å². The van der Waals surface area contributed by atoms with Crippen LogP contribution in [0.25, 0.3) is 10.8 Å². The van der Waals surface area contributed by atoms with Crippen molar-refractivity contribution in [2.24, 2.45) is 0 Å². The topological polar surface area (TPSA) is 41.4 Å². The van der Waals surface area contributed by atoms with Crippen LogP contribution in [0.2, 0.25) is 0 Å². The monoisotopic (exact) mass is 480 g/mol. The predicted molar refractivity (Wildman–Crippen MR) is 146 cm³/mol. The summed E-state index contributed by atoms with van der Waals surface area (Å²) in [5.41, 5.74) is 3.41. The summed E-state index contributed by atoms with van der Waals surface area (Å²) in [6.07, 6.45) is 8.40. The van der Waals surface area contributed by atoms with Crippen LogP contribution in [0, 0.1) is 0 Å². The molecule has 1 aliphatic heterocycles. The van der Waals surface area contributed by atoms with Gasteiger partial charge in [0.25, 0.3) is 5.91 Å². The quantitative estimate of drug-likeness (QED) is 0.304. The van der Waals surface area contributed by atoms with Gasteiger partial charge in [0.05, 0.1) is 12.0 Å². The summed E-state index contributed by atoms with van der Waals surface area (Å²) in [6.45, 7) is 6.46. The number of rotatable bonds is 9. The lowest BCUT2D eigenvalue weighted by Crippen LogP contribution is -2.54. The number of benzene rings is 3. The average Bonchev–Trinajstić information content (AvgIpc) is 3.38. The average molecular weight is 481 g/mol. The first-order chi connectivity index (χ1) is 17.7. The number of hydrogen-bond donors (Lipinski definition) is 0. The summed E-state index contributed by atoms with van der Waals surface area (Å²) in [5.74, 6) is 0.154. The van der Waals surface area contributed by atoms with Crippen molar-refractivity contribution in [3.05, 3.63) is 102 Å². The Morgan fingerprint density at radius 3 is 2.64 bits per heavy atom. The zero-order valence-electron chi connectivity index (χ0n) is 21.2. The lowest BCUT2D eigenvalue weighted by molar-refractivity contribution is 0.0429. The van der Waals surface area contributed by atoms with E-state index in [4.69, 9.17) is 0 Å². The Hall–Kier alpha value is -3.44. The van der Waals surface area contributed by atoms with E-state index in [-0.39, 0.29) is 5.91 Å². The molecule has 0 N–H and O–H groups in total. The van der Waals surface area contributed by atoms with Gasteiger partial charge in [-0.05, 0) is 35.2 Å². The van der Waals surface area contributed by atoms with E-state index in [9.17, 15) is 4.79 Å². The van der Waals surface area contributed by atoms with Crippen LogP contribution in [0.5, 0.6) is 0 Å². The Balaban J connectivity index is 1.28. The third-order valence-electron chi connectivity index (χ3n) is 7.45. The molecule has 0 saturated carbocycles. The highest BCUT2D eigenvalue weighted by Crippen LogP contribution is 2.24. The zero-order valence-corrected chi connectivity index (χ0v) is 21.2. The Labute approximate surface area is 214 Å². The second-order valence-corrected chi connectivity index (χ2v) is 9.86. The van der Waals surface area contributed by atoms with E-state index in [1.165, 1.54) is 17.7 Å². The molecule has 0 aliphatic carbocycles. The molecule has 4 aromatic rings. The molecule has 1 aliphatic rings. The molecule has 1 saturated heterocycles. The number of piperazine rings is 1. The molecule has 2 heterocycles. The summed E-state index contributed by atoms with van der Waals surface area (Å²) in [4.78, 5) is 22.7. The minimum Gasteiger partial charge on any atom is -0.336 e. The van der Waals surface area contributed by atoms with Gasteiger partial charge in [-0.15, -0.1) is 0 Å². The van der Waals surface area contributed by atoms with E-state index in [0.717, 1.165) is 68.3 Å². The molecule has 1 atom stereocenters. The van der Waals surface area contributed by atoms with Crippen molar-refractivity contribution in [1.82, 2.24) is 19.4 Å². The van der Waals surface area contributed by atoms with Gasteiger partial charge in [0, 0.05) is 50.5 Å². The fraction of sp³-hybridized carbons (Fsp3) is 0.355. The number of unbranched alkanes of at least 4 members (excludes halogenated alkanes) is 1. The van der Waals surface area contributed by atoms with E-state index in [1.807, 2.05) is 36.8 Å². The number of carbonyl (C=O) groups is 1. The maximum atomic E-state index is 13.6. The minimum atomic E-state index is 0.154. The van der Waals surface area contributed by atoms with Crippen molar-refractivity contribution in [1.29, 1.82) is 0 Å². The van der Waals surface area contributed by atoms with Crippen LogP contribution in [0.3, 0.4) is 0 Å². The van der Waals surface area contributed by atoms with Gasteiger partial charge in [0.2, 0.25) is 0 Å². The Morgan fingerprint density at radius 2 is 1.78 bits per heavy atom. The fourth-order valence-electron chi connectivity index (χ4n) is 5.36. The molecule has 1 aromatic heterocycles. The molecule has 5 nitrogen and oxygen atoms in total. The van der Waals surface area contributed by atoms with E-state index < -0.39 is 0 Å². The number of hydrogen-bond acceptors (Lipinski definition) is 3. The van der Waals surface area contributed by atoms with Crippen LogP contribution in [-0.2, 0) is 19.5 Å². The second kappa shape index (κ2) is 11.5. The van der Waals surface area contributed by atoms with Crippen LogP contribution in [0.4, 0.5) is 0 Å². The van der Waals surface area contributed by atoms with Crippen LogP contribution >= 0.6 is 0 Å². The highest BCUT2D eigenvalue weighted by Gasteiger charge is 2.30. The summed E-state index contributed by atoms with van der Waals surface area (Å²) < 4.78 is 2.29. The smallest absolute Gasteiger partial charge is 0.254 e. The molecule has 0 bridgehead atoms. The van der Waals surface area contributed by atoms with Gasteiger partial charge in [-0.1, -0.05) is 86.5 Å². The van der Waals surface area contributed by atoms with Crippen molar-refractivity contribution in [2.75, 3.05) is 19.6 Å². The van der Waals surface area contributed by atoms with Crippen LogP contribution < -0.4 is 0 Å². The third-order valence-corrected chi connectivity index (χ3v) is 7.45.